The van der Waals surface area contributed by atoms with Crippen LogP contribution in [0.25, 0.3) is 0 Å². The van der Waals surface area contributed by atoms with Crippen molar-refractivity contribution in [2.75, 3.05) is 17.4 Å². The maximum atomic E-state index is 5.65. The molecule has 0 aliphatic heterocycles. The molecule has 3 heteroatoms. The summed E-state index contributed by atoms with van der Waals surface area (Å²) in [6, 6.07) is 0. The van der Waals surface area contributed by atoms with Crippen molar-refractivity contribution in [1.82, 2.24) is 0 Å². The molecule has 0 fully saturated rings. The molecule has 0 heterocycles. The van der Waals surface area contributed by atoms with E-state index in [9.17, 15) is 0 Å². The maximum absolute atomic E-state index is 5.65. The van der Waals surface area contributed by atoms with Crippen LogP contribution in [0.2, 0.25) is 0 Å². The first kappa shape index (κ1) is 8.93. The second-order valence-corrected chi connectivity index (χ2v) is 3.82. The number of hydrogen-bond donors (Lipinski definition) is 0. The van der Waals surface area contributed by atoms with E-state index in [-0.39, 0.29) is 5.38 Å². The molecule has 0 aliphatic carbocycles. The van der Waals surface area contributed by atoms with Gasteiger partial charge in [0.05, 0.1) is 0 Å². The van der Waals surface area contributed by atoms with Gasteiger partial charge in [0, 0.05) is 22.8 Å². The molecule has 0 saturated heterocycles. The van der Waals surface area contributed by atoms with Crippen molar-refractivity contribution in [1.29, 1.82) is 0 Å². The van der Waals surface area contributed by atoms with Crippen LogP contribution in [-0.4, -0.2) is 22.8 Å². The maximum Gasteiger partial charge on any atom is 0.0398 e. The first-order valence-electron chi connectivity index (χ1n) is 2.55. The topological polar surface area (TPSA) is 0 Å². The molecule has 0 aromatic rings. The van der Waals surface area contributed by atoms with Crippen LogP contribution in [-0.2, 0) is 0 Å². The van der Waals surface area contributed by atoms with Gasteiger partial charge in [-0.15, -0.1) is 23.2 Å². The summed E-state index contributed by atoms with van der Waals surface area (Å²) in [6.07, 6.45) is 0. The molecule has 8 heavy (non-hydrogen) atoms. The molecule has 1 unspecified atom stereocenters. The van der Waals surface area contributed by atoms with Crippen LogP contribution in [0.5, 0.6) is 0 Å². The summed E-state index contributed by atoms with van der Waals surface area (Å²) in [4.78, 5) is 0. The van der Waals surface area contributed by atoms with Gasteiger partial charge in [-0.25, -0.2) is 0 Å². The first-order valence-corrected chi connectivity index (χ1v) is 4.67. The van der Waals surface area contributed by atoms with Crippen LogP contribution < -0.4 is 0 Å². The van der Waals surface area contributed by atoms with E-state index in [1.165, 1.54) is 0 Å². The van der Waals surface area contributed by atoms with E-state index in [0.29, 0.717) is 0 Å². The van der Waals surface area contributed by atoms with Gasteiger partial charge in [0.1, 0.15) is 0 Å². The molecule has 1 atom stereocenters. The van der Waals surface area contributed by atoms with E-state index in [1.54, 1.807) is 11.8 Å². The Hall–Kier alpha value is 0.930. The monoisotopic (exact) mass is 172 g/mol. The highest BCUT2D eigenvalue weighted by Gasteiger charge is 1.93. The van der Waals surface area contributed by atoms with Gasteiger partial charge in [0.15, 0.2) is 0 Å². The fourth-order valence-electron chi connectivity index (χ4n) is 0.300. The Morgan fingerprint density at radius 3 is 2.62 bits per heavy atom. The van der Waals surface area contributed by atoms with Crippen molar-refractivity contribution >= 4 is 35.0 Å². The lowest BCUT2D eigenvalue weighted by Crippen LogP contribution is -1.95. The van der Waals surface area contributed by atoms with Crippen LogP contribution in [0.3, 0.4) is 0 Å². The van der Waals surface area contributed by atoms with Crippen LogP contribution in [0.1, 0.15) is 6.92 Å². The number of rotatable bonds is 4. The average molecular weight is 173 g/mol. The van der Waals surface area contributed by atoms with E-state index in [4.69, 9.17) is 23.2 Å². The molecule has 0 aromatic heterocycles. The molecule has 0 aliphatic rings. The first-order chi connectivity index (χ1) is 3.77. The van der Waals surface area contributed by atoms with Gasteiger partial charge in [-0.05, 0) is 6.92 Å². The van der Waals surface area contributed by atoms with Gasteiger partial charge in [-0.3, -0.25) is 0 Å². The van der Waals surface area contributed by atoms with E-state index in [0.717, 1.165) is 17.4 Å². The van der Waals surface area contributed by atoms with Crippen molar-refractivity contribution in [3.05, 3.63) is 0 Å². The van der Waals surface area contributed by atoms with Crippen molar-refractivity contribution in [3.63, 3.8) is 0 Å². The third-order valence-corrected chi connectivity index (χ3v) is 2.55. The molecule has 0 N–H and O–H groups in total. The SMILES string of the molecule is CC(Cl)CSCCCl. The Balaban J connectivity index is 2.72. The Kier molecular flexibility index (Phi) is 6.76. The summed E-state index contributed by atoms with van der Waals surface area (Å²) in [5.74, 6) is 2.75. The third kappa shape index (κ3) is 6.93. The van der Waals surface area contributed by atoms with Crippen molar-refractivity contribution in [2.45, 2.75) is 12.3 Å². The number of thioether (sulfide) groups is 1. The largest absolute Gasteiger partial charge is 0.159 e. The second kappa shape index (κ2) is 6.06. The lowest BCUT2D eigenvalue weighted by Gasteiger charge is -1.98. The summed E-state index contributed by atoms with van der Waals surface area (Å²) < 4.78 is 0. The van der Waals surface area contributed by atoms with E-state index in [1.807, 2.05) is 6.92 Å². The zero-order chi connectivity index (χ0) is 6.41. The fourth-order valence-corrected chi connectivity index (χ4v) is 1.50. The van der Waals surface area contributed by atoms with E-state index in [2.05, 4.69) is 0 Å². The molecule has 0 bridgehead atoms. The van der Waals surface area contributed by atoms with Gasteiger partial charge in [-0.1, -0.05) is 0 Å². The van der Waals surface area contributed by atoms with Crippen LogP contribution in [0, 0.1) is 0 Å². The van der Waals surface area contributed by atoms with Gasteiger partial charge in [-0.2, -0.15) is 11.8 Å². The van der Waals surface area contributed by atoms with Crippen LogP contribution in [0.4, 0.5) is 0 Å². The highest BCUT2D eigenvalue weighted by Crippen LogP contribution is 2.06. The molecule has 0 rings (SSSR count). The minimum atomic E-state index is 0.281. The van der Waals surface area contributed by atoms with Gasteiger partial charge in [0.2, 0.25) is 0 Å². The summed E-state index contributed by atoms with van der Waals surface area (Å²) in [7, 11) is 0. The summed E-state index contributed by atoms with van der Waals surface area (Å²) in [5, 5.41) is 0.281. The van der Waals surface area contributed by atoms with Gasteiger partial charge < -0.3 is 0 Å². The number of hydrogen-bond acceptors (Lipinski definition) is 1. The smallest absolute Gasteiger partial charge is 0.0398 e. The molecule has 50 valence electrons. The van der Waals surface area contributed by atoms with Crippen molar-refractivity contribution < 1.29 is 0 Å². The Labute approximate surface area is 64.9 Å². The normalized spacial score (nSPS) is 13.9. The zero-order valence-corrected chi connectivity index (χ0v) is 7.19. The Bertz CT molecular complexity index is 47.7. The van der Waals surface area contributed by atoms with Crippen LogP contribution in [0.15, 0.2) is 0 Å². The summed E-state index contributed by atoms with van der Waals surface area (Å²) >= 11 is 12.9. The third-order valence-electron chi connectivity index (χ3n) is 0.569. The molecule has 0 saturated carbocycles. The second-order valence-electron chi connectivity index (χ2n) is 1.54. The highest BCUT2D eigenvalue weighted by atomic mass is 35.5. The molecule has 0 spiro atoms. The number of alkyl halides is 2. The number of halogens is 2. The Morgan fingerprint density at radius 1 is 1.62 bits per heavy atom. The van der Waals surface area contributed by atoms with Gasteiger partial charge >= 0.3 is 0 Å². The Morgan fingerprint density at radius 2 is 2.25 bits per heavy atom. The minimum absolute atomic E-state index is 0.281. The minimum Gasteiger partial charge on any atom is -0.159 e. The summed E-state index contributed by atoms with van der Waals surface area (Å²) in [5.41, 5.74) is 0. The standard InChI is InChI=1S/C5H10Cl2S/c1-5(7)4-8-3-2-6/h5H,2-4H2,1H3. The van der Waals surface area contributed by atoms with Gasteiger partial charge in [0.25, 0.3) is 0 Å². The fraction of sp³-hybridized carbons (Fsp3) is 1.00. The summed E-state index contributed by atoms with van der Waals surface area (Å²) in [6.45, 7) is 1.99. The van der Waals surface area contributed by atoms with E-state index < -0.39 is 0 Å². The zero-order valence-electron chi connectivity index (χ0n) is 4.86. The van der Waals surface area contributed by atoms with E-state index >= 15 is 0 Å². The molecule has 0 nitrogen and oxygen atoms in total. The predicted molar refractivity (Wildman–Crippen MR) is 43.4 cm³/mol. The quantitative estimate of drug-likeness (QED) is 0.465. The molecular weight excluding hydrogens is 163 g/mol. The highest BCUT2D eigenvalue weighted by molar-refractivity contribution is 7.99. The van der Waals surface area contributed by atoms with Crippen molar-refractivity contribution in [2.24, 2.45) is 0 Å². The van der Waals surface area contributed by atoms with Crippen molar-refractivity contribution in [3.8, 4) is 0 Å². The molecule has 0 aromatic carbocycles. The molecular formula is C5H10Cl2S. The average Bonchev–Trinajstić information content (AvgIpc) is 1.66. The molecule has 0 amide bonds. The lowest BCUT2D eigenvalue weighted by atomic mass is 10.6. The van der Waals surface area contributed by atoms with Crippen LogP contribution >= 0.6 is 35.0 Å². The lowest BCUT2D eigenvalue weighted by molar-refractivity contribution is 1.11. The predicted octanol–water partition coefficient (Wildman–Crippen LogP) is 2.59. The molecule has 0 radical (unpaired) electrons.